The average molecular weight is 351 g/mol. The average Bonchev–Trinajstić information content (AvgIpc) is 3.19. The summed E-state index contributed by atoms with van der Waals surface area (Å²) in [5, 5.41) is 14.6. The highest BCUT2D eigenvalue weighted by Gasteiger charge is 2.26. The van der Waals surface area contributed by atoms with Crippen LogP contribution < -0.4 is 10.1 Å². The van der Waals surface area contributed by atoms with Crippen molar-refractivity contribution in [2.75, 3.05) is 6.54 Å². The Balaban J connectivity index is 1.47. The topological polar surface area (TPSA) is 84.8 Å². The second-order valence-corrected chi connectivity index (χ2v) is 6.49. The molecule has 0 spiro atoms. The molecule has 7 nitrogen and oxygen atoms in total. The van der Waals surface area contributed by atoms with E-state index < -0.39 is 0 Å². The number of carbonyl (C=O) groups is 1. The van der Waals surface area contributed by atoms with E-state index in [1.165, 1.54) is 5.56 Å². The zero-order chi connectivity index (χ0) is 18.3. The summed E-state index contributed by atoms with van der Waals surface area (Å²) < 4.78 is 7.67. The minimum atomic E-state index is -0.181. The molecule has 1 aliphatic rings. The molecule has 0 aliphatic carbocycles. The van der Waals surface area contributed by atoms with Crippen LogP contribution in [0.4, 0.5) is 0 Å². The predicted octanol–water partition coefficient (Wildman–Crippen LogP) is 2.52. The minimum absolute atomic E-state index is 0.181. The first-order valence-electron chi connectivity index (χ1n) is 8.64. The Morgan fingerprint density at radius 2 is 2.12 bits per heavy atom. The highest BCUT2D eigenvalue weighted by molar-refractivity contribution is 5.96. The second kappa shape index (κ2) is 6.33. The van der Waals surface area contributed by atoms with E-state index in [4.69, 9.17) is 4.74 Å². The van der Waals surface area contributed by atoms with Crippen molar-refractivity contribution in [3.63, 3.8) is 0 Å². The van der Waals surface area contributed by atoms with Crippen LogP contribution in [0, 0.1) is 20.8 Å². The van der Waals surface area contributed by atoms with Gasteiger partial charge in [-0.05, 0) is 38.5 Å². The Morgan fingerprint density at radius 1 is 1.31 bits per heavy atom. The molecule has 0 bridgehead atoms. The molecule has 0 atom stereocenters. The first kappa shape index (κ1) is 16.4. The van der Waals surface area contributed by atoms with Crippen molar-refractivity contribution in [3.8, 4) is 17.0 Å². The molecule has 0 saturated carbocycles. The molecule has 4 rings (SSSR count). The van der Waals surface area contributed by atoms with E-state index in [0.29, 0.717) is 25.4 Å². The maximum absolute atomic E-state index is 12.6. The van der Waals surface area contributed by atoms with Crippen molar-refractivity contribution >= 4 is 5.91 Å². The molecule has 1 aromatic carbocycles. The third-order valence-electron chi connectivity index (χ3n) is 4.96. The van der Waals surface area contributed by atoms with E-state index in [2.05, 4.69) is 27.5 Å². The number of hydrogen-bond donors (Lipinski definition) is 2. The number of fused-ring (bicyclic) bond motifs is 3. The number of benzene rings is 1. The smallest absolute Gasteiger partial charge is 0.269 e. The van der Waals surface area contributed by atoms with Gasteiger partial charge in [0, 0.05) is 23.4 Å². The molecule has 0 fully saturated rings. The number of aromatic amines is 1. The molecule has 3 heterocycles. The number of H-pyrrole nitrogens is 1. The van der Waals surface area contributed by atoms with Gasteiger partial charge in [-0.25, -0.2) is 0 Å². The molecular formula is C19H21N5O2. The lowest BCUT2D eigenvalue weighted by Crippen LogP contribution is -2.29. The van der Waals surface area contributed by atoms with Gasteiger partial charge in [0.1, 0.15) is 23.7 Å². The molecule has 0 unspecified atom stereocenters. The first-order valence-corrected chi connectivity index (χ1v) is 8.64. The van der Waals surface area contributed by atoms with Crippen LogP contribution in [0.5, 0.6) is 5.75 Å². The molecule has 134 valence electrons. The number of nitrogens with zero attached hydrogens (tertiary/aromatic N) is 3. The van der Waals surface area contributed by atoms with Gasteiger partial charge >= 0.3 is 0 Å². The summed E-state index contributed by atoms with van der Waals surface area (Å²) >= 11 is 0. The summed E-state index contributed by atoms with van der Waals surface area (Å²) in [4.78, 5) is 12.6. The van der Waals surface area contributed by atoms with E-state index in [1.807, 2.05) is 42.8 Å². The molecule has 26 heavy (non-hydrogen) atoms. The number of para-hydroxylation sites is 1. The van der Waals surface area contributed by atoms with Gasteiger partial charge in [0.25, 0.3) is 5.91 Å². The van der Waals surface area contributed by atoms with Crippen LogP contribution in [-0.2, 0) is 13.2 Å². The Labute approximate surface area is 151 Å². The number of ether oxygens (including phenoxy) is 1. The monoisotopic (exact) mass is 351 g/mol. The van der Waals surface area contributed by atoms with Crippen LogP contribution in [0.3, 0.4) is 0 Å². The maximum atomic E-state index is 12.6. The van der Waals surface area contributed by atoms with Crippen LogP contribution in [0.2, 0.25) is 0 Å². The molecule has 1 amide bonds. The van der Waals surface area contributed by atoms with Gasteiger partial charge in [-0.1, -0.05) is 12.1 Å². The van der Waals surface area contributed by atoms with Gasteiger partial charge in [-0.2, -0.15) is 10.2 Å². The third kappa shape index (κ3) is 2.65. The predicted molar refractivity (Wildman–Crippen MR) is 97.1 cm³/mol. The number of aryl methyl sites for hydroxylation is 1. The largest absolute Gasteiger partial charge is 0.488 e. The Bertz CT molecular complexity index is 986. The number of carbonyl (C=O) groups excluding carboxylic acids is 1. The SMILES string of the molecule is Cc1nn(CCNC(=O)c2[nH]nc3c2COc2ccccc2-3)c(C)c1C. The van der Waals surface area contributed by atoms with Gasteiger partial charge in [0.15, 0.2) is 0 Å². The molecule has 1 aliphatic heterocycles. The van der Waals surface area contributed by atoms with Crippen LogP contribution in [0.15, 0.2) is 24.3 Å². The van der Waals surface area contributed by atoms with Crippen LogP contribution >= 0.6 is 0 Å². The van der Waals surface area contributed by atoms with E-state index in [9.17, 15) is 4.79 Å². The molecule has 2 aromatic heterocycles. The zero-order valence-corrected chi connectivity index (χ0v) is 15.1. The van der Waals surface area contributed by atoms with Crippen LogP contribution in [0.1, 0.15) is 33.0 Å². The van der Waals surface area contributed by atoms with Crippen molar-refractivity contribution in [2.45, 2.75) is 33.9 Å². The lowest BCUT2D eigenvalue weighted by Gasteiger charge is -2.17. The molecule has 7 heteroatoms. The Morgan fingerprint density at radius 3 is 2.88 bits per heavy atom. The van der Waals surface area contributed by atoms with Crippen molar-refractivity contribution in [2.24, 2.45) is 0 Å². The normalized spacial score (nSPS) is 12.3. The van der Waals surface area contributed by atoms with Gasteiger partial charge in [-0.15, -0.1) is 0 Å². The first-order chi connectivity index (χ1) is 12.6. The van der Waals surface area contributed by atoms with Gasteiger partial charge in [-0.3, -0.25) is 14.6 Å². The highest BCUT2D eigenvalue weighted by atomic mass is 16.5. The zero-order valence-electron chi connectivity index (χ0n) is 15.1. The molecule has 3 aromatic rings. The molecule has 0 saturated heterocycles. The minimum Gasteiger partial charge on any atom is -0.488 e. The standard InChI is InChI=1S/C19H21N5O2/c1-11-12(2)23-24(13(11)3)9-8-20-19(25)18-15-10-26-16-7-5-4-6-14(16)17(15)21-22-18/h4-7H,8-10H2,1-3H3,(H,20,25)(H,21,22). The molecular weight excluding hydrogens is 330 g/mol. The summed E-state index contributed by atoms with van der Waals surface area (Å²) in [5.41, 5.74) is 6.28. The Kier molecular flexibility index (Phi) is 3.99. The van der Waals surface area contributed by atoms with Gasteiger partial charge in [0.05, 0.1) is 12.2 Å². The van der Waals surface area contributed by atoms with E-state index in [0.717, 1.165) is 34.0 Å². The van der Waals surface area contributed by atoms with E-state index in [-0.39, 0.29) is 5.91 Å². The van der Waals surface area contributed by atoms with Crippen molar-refractivity contribution in [1.82, 2.24) is 25.3 Å². The van der Waals surface area contributed by atoms with Crippen LogP contribution in [-0.4, -0.2) is 32.4 Å². The van der Waals surface area contributed by atoms with E-state index in [1.54, 1.807) is 0 Å². The fraction of sp³-hybridized carbons (Fsp3) is 0.316. The molecule has 0 radical (unpaired) electrons. The lowest BCUT2D eigenvalue weighted by atomic mass is 10.0. The number of amides is 1. The molecule has 2 N–H and O–H groups in total. The quantitative estimate of drug-likeness (QED) is 0.756. The fourth-order valence-electron chi connectivity index (χ4n) is 3.22. The summed E-state index contributed by atoms with van der Waals surface area (Å²) in [6.45, 7) is 7.54. The van der Waals surface area contributed by atoms with Gasteiger partial charge in [0.2, 0.25) is 0 Å². The number of hydrogen-bond acceptors (Lipinski definition) is 4. The summed E-state index contributed by atoms with van der Waals surface area (Å²) in [6.07, 6.45) is 0. The van der Waals surface area contributed by atoms with Crippen molar-refractivity contribution < 1.29 is 9.53 Å². The summed E-state index contributed by atoms with van der Waals surface area (Å²) in [5.74, 6) is 0.610. The summed E-state index contributed by atoms with van der Waals surface area (Å²) in [6, 6.07) is 7.71. The Hall–Kier alpha value is -3.09. The summed E-state index contributed by atoms with van der Waals surface area (Å²) in [7, 11) is 0. The maximum Gasteiger partial charge on any atom is 0.269 e. The number of nitrogens with one attached hydrogen (secondary N) is 2. The fourth-order valence-corrected chi connectivity index (χ4v) is 3.22. The van der Waals surface area contributed by atoms with Crippen molar-refractivity contribution in [3.05, 3.63) is 52.5 Å². The van der Waals surface area contributed by atoms with Crippen LogP contribution in [0.25, 0.3) is 11.3 Å². The third-order valence-corrected chi connectivity index (χ3v) is 4.96. The lowest BCUT2D eigenvalue weighted by molar-refractivity contribution is 0.0944. The highest BCUT2D eigenvalue weighted by Crippen LogP contribution is 2.36. The number of aromatic nitrogens is 4. The number of rotatable bonds is 4. The van der Waals surface area contributed by atoms with E-state index >= 15 is 0 Å². The van der Waals surface area contributed by atoms with Crippen molar-refractivity contribution in [1.29, 1.82) is 0 Å². The van der Waals surface area contributed by atoms with Gasteiger partial charge < -0.3 is 10.1 Å². The second-order valence-electron chi connectivity index (χ2n) is 6.49.